The van der Waals surface area contributed by atoms with E-state index in [1.54, 1.807) is 4.52 Å². The SMILES string of the molecule is Cc1nc2nc(N)nn2c(C)c1CC(=O)N1CCC2(CCOCC2)C1C. The van der Waals surface area contributed by atoms with Gasteiger partial charge in [0, 0.05) is 42.8 Å². The van der Waals surface area contributed by atoms with Gasteiger partial charge in [0.05, 0.1) is 6.42 Å². The van der Waals surface area contributed by atoms with Crippen molar-refractivity contribution in [3.8, 4) is 0 Å². The number of rotatable bonds is 2. The summed E-state index contributed by atoms with van der Waals surface area (Å²) in [5.74, 6) is 0.823. The second kappa shape index (κ2) is 6.19. The first kappa shape index (κ1) is 17.2. The second-order valence-corrected chi connectivity index (χ2v) is 7.61. The van der Waals surface area contributed by atoms with E-state index in [0.717, 1.165) is 56.0 Å². The first-order chi connectivity index (χ1) is 12.4. The number of carbonyl (C=O) groups excluding carboxylic acids is 1. The molecule has 1 spiro atoms. The molecule has 140 valence electrons. The molecule has 2 N–H and O–H groups in total. The van der Waals surface area contributed by atoms with Gasteiger partial charge in [-0.1, -0.05) is 0 Å². The Labute approximate surface area is 152 Å². The van der Waals surface area contributed by atoms with Gasteiger partial charge >= 0.3 is 0 Å². The minimum atomic E-state index is 0.154. The van der Waals surface area contributed by atoms with Gasteiger partial charge in [0.2, 0.25) is 11.9 Å². The monoisotopic (exact) mass is 358 g/mol. The zero-order chi connectivity index (χ0) is 18.5. The predicted molar refractivity (Wildman–Crippen MR) is 96.7 cm³/mol. The Kier molecular flexibility index (Phi) is 4.10. The molecule has 2 aliphatic rings. The first-order valence-corrected chi connectivity index (χ1v) is 9.27. The summed E-state index contributed by atoms with van der Waals surface area (Å²) < 4.78 is 7.16. The van der Waals surface area contributed by atoms with Gasteiger partial charge in [0.25, 0.3) is 5.78 Å². The van der Waals surface area contributed by atoms with E-state index < -0.39 is 0 Å². The summed E-state index contributed by atoms with van der Waals surface area (Å²) in [6.45, 7) is 8.47. The van der Waals surface area contributed by atoms with Crippen molar-refractivity contribution in [2.75, 3.05) is 25.5 Å². The van der Waals surface area contributed by atoms with Crippen LogP contribution in [0.1, 0.15) is 43.1 Å². The number of amides is 1. The van der Waals surface area contributed by atoms with Gasteiger partial charge in [0.1, 0.15) is 0 Å². The molecule has 0 aromatic carbocycles. The molecule has 4 rings (SSSR count). The fourth-order valence-electron chi connectivity index (χ4n) is 4.60. The maximum atomic E-state index is 13.1. The highest BCUT2D eigenvalue weighted by Crippen LogP contribution is 2.45. The van der Waals surface area contributed by atoms with Crippen molar-refractivity contribution in [1.82, 2.24) is 24.5 Å². The van der Waals surface area contributed by atoms with E-state index in [0.29, 0.717) is 12.2 Å². The van der Waals surface area contributed by atoms with Gasteiger partial charge in [-0.25, -0.2) is 4.98 Å². The Bertz CT molecular complexity index is 855. The third kappa shape index (κ3) is 2.63. The molecule has 2 aromatic heterocycles. The highest BCUT2D eigenvalue weighted by Gasteiger charge is 2.47. The molecule has 1 amide bonds. The number of nitrogens with zero attached hydrogens (tertiary/aromatic N) is 5. The molecule has 2 aromatic rings. The van der Waals surface area contributed by atoms with E-state index in [4.69, 9.17) is 10.5 Å². The molecule has 1 atom stereocenters. The number of anilines is 1. The number of carbonyl (C=O) groups is 1. The zero-order valence-electron chi connectivity index (χ0n) is 15.7. The molecule has 4 heterocycles. The van der Waals surface area contributed by atoms with Crippen LogP contribution in [0.25, 0.3) is 5.78 Å². The highest BCUT2D eigenvalue weighted by molar-refractivity contribution is 5.80. The fourth-order valence-corrected chi connectivity index (χ4v) is 4.60. The Balaban J connectivity index is 1.58. The lowest BCUT2D eigenvalue weighted by Crippen LogP contribution is -2.44. The lowest BCUT2D eigenvalue weighted by atomic mass is 9.74. The van der Waals surface area contributed by atoms with Crippen molar-refractivity contribution in [2.45, 2.75) is 52.5 Å². The predicted octanol–water partition coefficient (Wildman–Crippen LogP) is 1.28. The number of aromatic nitrogens is 4. The van der Waals surface area contributed by atoms with Crippen LogP contribution < -0.4 is 5.73 Å². The molecular formula is C18H26N6O2. The third-order valence-electron chi connectivity index (χ3n) is 6.41. The van der Waals surface area contributed by atoms with Crippen LogP contribution in [-0.4, -0.2) is 56.2 Å². The topological polar surface area (TPSA) is 98.6 Å². The third-order valence-corrected chi connectivity index (χ3v) is 6.41. The summed E-state index contributed by atoms with van der Waals surface area (Å²) in [4.78, 5) is 23.7. The number of nitrogens with two attached hydrogens (primary N) is 1. The number of hydrogen-bond donors (Lipinski definition) is 1. The number of aryl methyl sites for hydroxylation is 2. The van der Waals surface area contributed by atoms with Crippen LogP contribution in [-0.2, 0) is 16.0 Å². The number of hydrogen-bond acceptors (Lipinski definition) is 6. The van der Waals surface area contributed by atoms with Crippen molar-refractivity contribution >= 4 is 17.6 Å². The molecular weight excluding hydrogens is 332 g/mol. The van der Waals surface area contributed by atoms with Crippen LogP contribution in [0.15, 0.2) is 0 Å². The molecule has 2 aliphatic heterocycles. The maximum Gasteiger partial charge on any atom is 0.254 e. The normalized spacial score (nSPS) is 22.4. The molecule has 26 heavy (non-hydrogen) atoms. The zero-order valence-corrected chi connectivity index (χ0v) is 15.7. The number of nitrogen functional groups attached to an aromatic ring is 1. The molecule has 0 saturated carbocycles. The summed E-state index contributed by atoms with van der Waals surface area (Å²) in [7, 11) is 0. The first-order valence-electron chi connectivity index (χ1n) is 9.27. The van der Waals surface area contributed by atoms with Crippen molar-refractivity contribution in [3.05, 3.63) is 17.0 Å². The lowest BCUT2D eigenvalue weighted by Gasteiger charge is -2.39. The van der Waals surface area contributed by atoms with E-state index >= 15 is 0 Å². The standard InChI is InChI=1S/C18H26N6O2/c1-11-14(12(2)24-17(20-11)21-16(19)22-24)10-15(25)23-7-4-18(13(23)3)5-8-26-9-6-18/h13H,4-10H2,1-3H3,(H2,19,22). The molecule has 0 aliphatic carbocycles. The average Bonchev–Trinajstić information content (AvgIpc) is 3.13. The molecule has 2 fully saturated rings. The van der Waals surface area contributed by atoms with Crippen molar-refractivity contribution in [3.63, 3.8) is 0 Å². The van der Waals surface area contributed by atoms with Crippen LogP contribution in [0.2, 0.25) is 0 Å². The molecule has 0 radical (unpaired) electrons. The lowest BCUT2D eigenvalue weighted by molar-refractivity contribution is -0.132. The molecule has 0 bridgehead atoms. The molecule has 2 saturated heterocycles. The number of likely N-dealkylation sites (tertiary alicyclic amines) is 1. The fraction of sp³-hybridized carbons (Fsp3) is 0.667. The second-order valence-electron chi connectivity index (χ2n) is 7.61. The van der Waals surface area contributed by atoms with E-state index in [-0.39, 0.29) is 23.3 Å². The Morgan fingerprint density at radius 1 is 1.27 bits per heavy atom. The van der Waals surface area contributed by atoms with E-state index in [2.05, 4.69) is 22.0 Å². The van der Waals surface area contributed by atoms with E-state index in [1.807, 2.05) is 18.7 Å². The summed E-state index contributed by atoms with van der Waals surface area (Å²) in [6, 6.07) is 0.248. The Hall–Kier alpha value is -2.22. The summed E-state index contributed by atoms with van der Waals surface area (Å²) in [6.07, 6.45) is 3.49. The summed E-state index contributed by atoms with van der Waals surface area (Å²) in [5, 5.41) is 4.18. The smallest absolute Gasteiger partial charge is 0.254 e. The van der Waals surface area contributed by atoms with Crippen molar-refractivity contribution in [2.24, 2.45) is 5.41 Å². The van der Waals surface area contributed by atoms with Crippen molar-refractivity contribution < 1.29 is 9.53 Å². The Morgan fingerprint density at radius 3 is 2.73 bits per heavy atom. The van der Waals surface area contributed by atoms with Crippen LogP contribution >= 0.6 is 0 Å². The highest BCUT2D eigenvalue weighted by atomic mass is 16.5. The van der Waals surface area contributed by atoms with Gasteiger partial charge in [0.15, 0.2) is 0 Å². The van der Waals surface area contributed by atoms with Crippen LogP contribution in [0.5, 0.6) is 0 Å². The summed E-state index contributed by atoms with van der Waals surface area (Å²) in [5.41, 5.74) is 8.50. The molecule has 1 unspecified atom stereocenters. The van der Waals surface area contributed by atoms with Gasteiger partial charge in [-0.3, -0.25) is 4.79 Å². The minimum absolute atomic E-state index is 0.154. The van der Waals surface area contributed by atoms with Gasteiger partial charge in [-0.15, -0.1) is 5.10 Å². The Morgan fingerprint density at radius 2 is 2.00 bits per heavy atom. The summed E-state index contributed by atoms with van der Waals surface area (Å²) >= 11 is 0. The minimum Gasteiger partial charge on any atom is -0.381 e. The van der Waals surface area contributed by atoms with Gasteiger partial charge in [-0.2, -0.15) is 9.50 Å². The van der Waals surface area contributed by atoms with Crippen LogP contribution in [0.3, 0.4) is 0 Å². The van der Waals surface area contributed by atoms with E-state index in [9.17, 15) is 4.79 Å². The largest absolute Gasteiger partial charge is 0.381 e. The maximum absolute atomic E-state index is 13.1. The van der Waals surface area contributed by atoms with Crippen molar-refractivity contribution in [1.29, 1.82) is 0 Å². The molecule has 8 heteroatoms. The number of ether oxygens (including phenoxy) is 1. The average molecular weight is 358 g/mol. The van der Waals surface area contributed by atoms with Gasteiger partial charge < -0.3 is 15.4 Å². The quantitative estimate of drug-likeness (QED) is 0.868. The van der Waals surface area contributed by atoms with Crippen LogP contribution in [0.4, 0.5) is 5.95 Å². The number of fused-ring (bicyclic) bond motifs is 1. The van der Waals surface area contributed by atoms with E-state index in [1.165, 1.54) is 0 Å². The molecule has 8 nitrogen and oxygen atoms in total. The van der Waals surface area contributed by atoms with Gasteiger partial charge in [-0.05, 0) is 45.4 Å². The van der Waals surface area contributed by atoms with Crippen LogP contribution in [0, 0.1) is 19.3 Å².